The summed E-state index contributed by atoms with van der Waals surface area (Å²) >= 11 is 0. The van der Waals surface area contributed by atoms with Crippen molar-refractivity contribution in [1.82, 2.24) is 0 Å². The van der Waals surface area contributed by atoms with Gasteiger partial charge in [0.05, 0.1) is 19.1 Å². The van der Waals surface area contributed by atoms with Gasteiger partial charge in [0.15, 0.2) is 5.78 Å². The smallest absolute Gasteiger partial charge is 0.328 e. The van der Waals surface area contributed by atoms with Crippen LogP contribution in [0.5, 0.6) is 5.75 Å². The minimum atomic E-state index is -1.51. The van der Waals surface area contributed by atoms with Gasteiger partial charge < -0.3 is 29.8 Å². The molecule has 4 atom stereocenters. The van der Waals surface area contributed by atoms with Gasteiger partial charge in [-0.3, -0.25) is 4.79 Å². The lowest BCUT2D eigenvalue weighted by atomic mass is 9.72. The third-order valence-electron chi connectivity index (χ3n) is 6.82. The molecule has 3 aromatic carbocycles. The summed E-state index contributed by atoms with van der Waals surface area (Å²) in [7, 11) is 0. The molecule has 204 valence electrons. The molecule has 8 nitrogen and oxygen atoms in total. The maximum atomic E-state index is 13.5. The highest BCUT2D eigenvalue weighted by atomic mass is 16.5. The minimum absolute atomic E-state index is 0.000306. The van der Waals surface area contributed by atoms with Gasteiger partial charge in [-0.25, -0.2) is 4.79 Å². The van der Waals surface area contributed by atoms with Crippen LogP contribution in [-0.2, 0) is 15.2 Å². The van der Waals surface area contributed by atoms with Crippen molar-refractivity contribution in [3.63, 3.8) is 0 Å². The number of ketones is 1. The molecular weight excluding hydrogens is 498 g/mol. The number of aliphatic carboxylic acids is 2. The third kappa shape index (κ3) is 8.36. The summed E-state index contributed by atoms with van der Waals surface area (Å²) in [6.45, 7) is 4.06. The Morgan fingerprint density at radius 1 is 0.974 bits per heavy atom. The first-order valence-corrected chi connectivity index (χ1v) is 12.7. The van der Waals surface area contributed by atoms with E-state index in [9.17, 15) is 24.6 Å². The molecule has 1 fully saturated rings. The molecule has 1 aliphatic heterocycles. The van der Waals surface area contributed by atoms with Gasteiger partial charge in [0.25, 0.3) is 0 Å². The van der Waals surface area contributed by atoms with E-state index in [-0.39, 0.29) is 11.8 Å². The number of nitrogens with one attached hydrogen (secondary N) is 1. The summed E-state index contributed by atoms with van der Waals surface area (Å²) in [6.07, 6.45) is 1.48. The molecule has 1 aliphatic rings. The number of Topliss-reactive ketones (excluding diaryl/α,β-unsaturated/α-hetero) is 1. The fraction of sp³-hybridized carbons (Fsp3) is 0.258. The number of para-hydroxylation sites is 1. The molecule has 0 radical (unpaired) electrons. The summed E-state index contributed by atoms with van der Waals surface area (Å²) in [5.74, 6) is -2.47. The first-order chi connectivity index (χ1) is 18.7. The number of aliphatic hydroxyl groups is 1. The lowest BCUT2D eigenvalue weighted by Gasteiger charge is -2.43. The number of piperidine rings is 1. The van der Waals surface area contributed by atoms with E-state index in [2.05, 4.69) is 6.92 Å². The van der Waals surface area contributed by atoms with Crippen LogP contribution in [0.4, 0.5) is 0 Å². The zero-order chi connectivity index (χ0) is 28.3. The molecule has 0 bridgehead atoms. The number of carbonyl (C=O) groups is 3. The number of quaternary nitrogens is 1. The van der Waals surface area contributed by atoms with Crippen LogP contribution in [0.1, 0.15) is 29.3 Å². The van der Waals surface area contributed by atoms with Crippen LogP contribution in [0.15, 0.2) is 103 Å². The van der Waals surface area contributed by atoms with Gasteiger partial charge in [-0.2, -0.15) is 0 Å². The second kappa shape index (κ2) is 14.0. The molecule has 0 saturated carbocycles. The van der Waals surface area contributed by atoms with Gasteiger partial charge in [0.1, 0.15) is 29.9 Å². The van der Waals surface area contributed by atoms with Crippen LogP contribution in [0, 0.1) is 5.92 Å². The number of hydrogen-bond acceptors (Lipinski definition) is 6. The zero-order valence-electron chi connectivity index (χ0n) is 21.7. The van der Waals surface area contributed by atoms with E-state index in [0.717, 1.165) is 17.9 Å². The minimum Gasteiger partial charge on any atom is -0.545 e. The highest BCUT2D eigenvalue weighted by Crippen LogP contribution is 2.36. The van der Waals surface area contributed by atoms with Crippen molar-refractivity contribution in [2.75, 3.05) is 19.7 Å². The van der Waals surface area contributed by atoms with Crippen molar-refractivity contribution in [2.45, 2.75) is 25.0 Å². The summed E-state index contributed by atoms with van der Waals surface area (Å²) < 4.78 is 5.97. The molecule has 39 heavy (non-hydrogen) atoms. The Kier molecular flexibility index (Phi) is 10.5. The highest BCUT2D eigenvalue weighted by Gasteiger charge is 2.49. The summed E-state index contributed by atoms with van der Waals surface area (Å²) in [5, 5.41) is 29.0. The van der Waals surface area contributed by atoms with E-state index in [1.807, 2.05) is 91.0 Å². The number of rotatable bonds is 9. The summed E-state index contributed by atoms with van der Waals surface area (Å²) in [6, 6.07) is 29.0. The Balaban J connectivity index is 0.000000459. The molecule has 0 aromatic heterocycles. The van der Waals surface area contributed by atoms with Crippen LogP contribution in [0.2, 0.25) is 0 Å². The van der Waals surface area contributed by atoms with E-state index in [4.69, 9.17) is 9.84 Å². The Bertz CT molecular complexity index is 1230. The first kappa shape index (κ1) is 29.3. The SMILES string of the molecule is CC(COc1ccccc1)[NH+]1CCC(O)(c2ccccc2)C(C(=O)c2ccccc2)C1.O=C([O-])/C=C/C(=O)O. The van der Waals surface area contributed by atoms with E-state index in [1.165, 1.54) is 4.90 Å². The van der Waals surface area contributed by atoms with Crippen molar-refractivity contribution in [3.05, 3.63) is 114 Å². The van der Waals surface area contributed by atoms with Crippen molar-refractivity contribution in [1.29, 1.82) is 0 Å². The van der Waals surface area contributed by atoms with Gasteiger partial charge in [0, 0.05) is 18.1 Å². The standard InChI is InChI=1S/C27H29NO3.C4H4O4/c1-21(20-31-24-15-9-4-10-16-24)28-18-17-27(30,23-13-7-3-8-14-23)25(19-28)26(29)22-11-5-2-6-12-22;5-3(6)1-2-4(7)8/h2-16,21,25,30H,17-20H2,1H3;1-2H,(H,5,6)(H,7,8)/b;2-1+. The monoisotopic (exact) mass is 531 g/mol. The Morgan fingerprint density at radius 2 is 1.54 bits per heavy atom. The van der Waals surface area contributed by atoms with E-state index in [1.54, 1.807) is 0 Å². The zero-order valence-corrected chi connectivity index (χ0v) is 21.7. The molecular formula is C31H33NO7. The Morgan fingerprint density at radius 3 is 2.08 bits per heavy atom. The molecule has 4 unspecified atom stereocenters. The van der Waals surface area contributed by atoms with E-state index in [0.29, 0.717) is 37.3 Å². The van der Waals surface area contributed by atoms with Crippen LogP contribution in [0.25, 0.3) is 0 Å². The molecule has 0 aliphatic carbocycles. The van der Waals surface area contributed by atoms with Crippen LogP contribution in [0.3, 0.4) is 0 Å². The van der Waals surface area contributed by atoms with Crippen LogP contribution >= 0.6 is 0 Å². The number of carboxylic acid groups (broad SMARTS) is 2. The summed E-state index contributed by atoms with van der Waals surface area (Å²) in [5.41, 5.74) is 0.297. The maximum Gasteiger partial charge on any atom is 0.328 e. The molecule has 0 amide bonds. The number of ether oxygens (including phenoxy) is 1. The number of carboxylic acids is 2. The second-order valence-electron chi connectivity index (χ2n) is 9.45. The first-order valence-electron chi connectivity index (χ1n) is 12.7. The molecule has 3 N–H and O–H groups in total. The average molecular weight is 532 g/mol. The predicted octanol–water partition coefficient (Wildman–Crippen LogP) is 1.51. The van der Waals surface area contributed by atoms with Crippen molar-refractivity contribution >= 4 is 17.7 Å². The van der Waals surface area contributed by atoms with Crippen molar-refractivity contribution in [2.24, 2.45) is 5.92 Å². The maximum absolute atomic E-state index is 13.5. The van der Waals surface area contributed by atoms with Gasteiger partial charge >= 0.3 is 5.97 Å². The third-order valence-corrected chi connectivity index (χ3v) is 6.82. The number of hydrogen-bond donors (Lipinski definition) is 3. The molecule has 3 aromatic rings. The van der Waals surface area contributed by atoms with Gasteiger partial charge in [-0.1, -0.05) is 78.9 Å². The lowest BCUT2D eigenvalue weighted by molar-refractivity contribution is -0.933. The molecule has 0 spiro atoms. The largest absolute Gasteiger partial charge is 0.545 e. The van der Waals surface area contributed by atoms with E-state index >= 15 is 0 Å². The molecule has 8 heteroatoms. The number of carbonyl (C=O) groups excluding carboxylic acids is 2. The lowest BCUT2D eigenvalue weighted by Crippen LogP contribution is -3.18. The normalized spacial score (nSPS) is 21.3. The fourth-order valence-electron chi connectivity index (χ4n) is 4.69. The van der Waals surface area contributed by atoms with Crippen LogP contribution in [-0.4, -0.2) is 53.7 Å². The van der Waals surface area contributed by atoms with Crippen LogP contribution < -0.4 is 14.7 Å². The Labute approximate surface area is 227 Å². The van der Waals surface area contributed by atoms with Crippen molar-refractivity contribution < 1.29 is 39.3 Å². The fourth-order valence-corrected chi connectivity index (χ4v) is 4.69. The molecule has 1 saturated heterocycles. The number of likely N-dealkylation sites (tertiary alicyclic amines) is 1. The van der Waals surface area contributed by atoms with Gasteiger partial charge in [-0.05, 0) is 30.7 Å². The second-order valence-corrected chi connectivity index (χ2v) is 9.45. The molecule has 1 heterocycles. The van der Waals surface area contributed by atoms with Gasteiger partial charge in [0.2, 0.25) is 0 Å². The average Bonchev–Trinajstić information content (AvgIpc) is 2.96. The Hall–Kier alpha value is -4.27. The predicted molar refractivity (Wildman–Crippen MR) is 143 cm³/mol. The summed E-state index contributed by atoms with van der Waals surface area (Å²) in [4.78, 5) is 33.8. The molecule has 4 rings (SSSR count). The topological polar surface area (TPSA) is 128 Å². The van der Waals surface area contributed by atoms with Crippen molar-refractivity contribution in [3.8, 4) is 5.75 Å². The number of benzene rings is 3. The quantitative estimate of drug-likeness (QED) is 0.282. The van der Waals surface area contributed by atoms with E-state index < -0.39 is 23.5 Å². The van der Waals surface area contributed by atoms with Gasteiger partial charge in [-0.15, -0.1) is 0 Å². The highest BCUT2D eigenvalue weighted by molar-refractivity contribution is 5.98.